The molecule has 0 atom stereocenters. The number of carbonyl (C=O) groups excluding carboxylic acids is 1. The molecule has 21 heteroatoms. The number of rotatable bonds is 15. The normalized spacial score (nSPS) is 14.4. The summed E-state index contributed by atoms with van der Waals surface area (Å²) in [7, 11) is 3.96. The number of anilines is 6. The zero-order valence-electron chi connectivity index (χ0n) is 40.2. The summed E-state index contributed by atoms with van der Waals surface area (Å²) < 4.78 is 30.5. The third-order valence-corrected chi connectivity index (χ3v) is 14.6. The second-order valence-corrected chi connectivity index (χ2v) is 19.0. The SMILES string of the molecule is CCc1nc2ccc(N3CCN(CCC(N)=O)CC3)nn2c1N(C)c1nc(-c2ccc(F)cc2)cs1.[C-]#[N+]CCN1CCN(c2ccc3nc(CC)c(N(C)c4nc(-c5ccc(F)cc5)cs4)n3n2)CC1. The molecule has 17 nitrogen and oxygen atoms in total. The Morgan fingerprint density at radius 1 is 0.634 bits per heavy atom. The molecule has 0 aliphatic carbocycles. The average molecular weight is 999 g/mol. The van der Waals surface area contributed by atoms with Crippen molar-refractivity contribution in [2.45, 2.75) is 33.1 Å². The van der Waals surface area contributed by atoms with E-state index in [-0.39, 0.29) is 17.5 Å². The Labute approximate surface area is 419 Å². The lowest BCUT2D eigenvalue weighted by Gasteiger charge is -2.35. The van der Waals surface area contributed by atoms with Crippen LogP contribution >= 0.6 is 22.7 Å². The quantitative estimate of drug-likeness (QED) is 0.100. The van der Waals surface area contributed by atoms with Crippen LogP contribution in [0.15, 0.2) is 83.6 Å². The summed E-state index contributed by atoms with van der Waals surface area (Å²) in [5.74, 6) is 2.80. The van der Waals surface area contributed by atoms with Crippen LogP contribution < -0.4 is 25.3 Å². The van der Waals surface area contributed by atoms with Gasteiger partial charge in [0, 0.05) is 101 Å². The van der Waals surface area contributed by atoms with Gasteiger partial charge in [-0.05, 0) is 85.6 Å². The Hall–Kier alpha value is -7.12. The van der Waals surface area contributed by atoms with E-state index in [4.69, 9.17) is 42.4 Å². The van der Waals surface area contributed by atoms with Crippen molar-refractivity contribution in [1.29, 1.82) is 0 Å². The molecule has 2 saturated heterocycles. The van der Waals surface area contributed by atoms with Crippen LogP contribution in [0.25, 0.3) is 38.7 Å². The van der Waals surface area contributed by atoms with Gasteiger partial charge in [-0.3, -0.25) is 14.6 Å². The van der Waals surface area contributed by atoms with Crippen LogP contribution in [0.1, 0.15) is 31.7 Å². The summed E-state index contributed by atoms with van der Waals surface area (Å²) in [6.07, 6.45) is 1.91. The molecule has 8 heterocycles. The van der Waals surface area contributed by atoms with Crippen molar-refractivity contribution in [3.8, 4) is 22.5 Å². The van der Waals surface area contributed by atoms with E-state index in [0.29, 0.717) is 19.5 Å². The lowest BCUT2D eigenvalue weighted by atomic mass is 10.2. The number of fused-ring (bicyclic) bond motifs is 2. The van der Waals surface area contributed by atoms with Crippen molar-refractivity contribution in [2.24, 2.45) is 5.73 Å². The molecule has 0 spiro atoms. The minimum atomic E-state index is -0.266. The molecule has 1 amide bonds. The van der Waals surface area contributed by atoms with E-state index < -0.39 is 0 Å². The van der Waals surface area contributed by atoms with Gasteiger partial charge in [-0.1, -0.05) is 13.8 Å². The van der Waals surface area contributed by atoms with Crippen LogP contribution in [0.4, 0.5) is 42.3 Å². The number of piperazine rings is 2. The lowest BCUT2D eigenvalue weighted by molar-refractivity contribution is -0.118. The molecule has 71 heavy (non-hydrogen) atoms. The smallest absolute Gasteiger partial charge is 0.227 e. The topological polar surface area (TPSA) is 153 Å². The predicted octanol–water partition coefficient (Wildman–Crippen LogP) is 7.68. The van der Waals surface area contributed by atoms with Crippen LogP contribution in [0.2, 0.25) is 0 Å². The lowest BCUT2D eigenvalue weighted by Crippen LogP contribution is -2.47. The second kappa shape index (κ2) is 21.9. The number of carbonyl (C=O) groups is 1. The average Bonchev–Trinajstić information content (AvgIpc) is 4.23. The predicted molar refractivity (Wildman–Crippen MR) is 278 cm³/mol. The zero-order chi connectivity index (χ0) is 49.6. The highest BCUT2D eigenvalue weighted by Gasteiger charge is 2.25. The van der Waals surface area contributed by atoms with Gasteiger partial charge < -0.3 is 30.2 Å². The number of halogens is 2. The van der Waals surface area contributed by atoms with Crippen LogP contribution in [0, 0.1) is 18.2 Å². The highest BCUT2D eigenvalue weighted by Crippen LogP contribution is 2.36. The number of hydrogen-bond acceptors (Lipinski definition) is 15. The Morgan fingerprint density at radius 3 is 1.45 bits per heavy atom. The van der Waals surface area contributed by atoms with Crippen molar-refractivity contribution in [3.05, 3.63) is 118 Å². The molecule has 6 aromatic heterocycles. The highest BCUT2D eigenvalue weighted by molar-refractivity contribution is 7.14. The van der Waals surface area contributed by atoms with E-state index in [1.807, 2.05) is 68.0 Å². The Balaban J connectivity index is 0.000000176. The summed E-state index contributed by atoms with van der Waals surface area (Å²) in [5, 5.41) is 15.5. The summed E-state index contributed by atoms with van der Waals surface area (Å²) in [5.41, 5.74) is 12.2. The van der Waals surface area contributed by atoms with Crippen LogP contribution in [0.3, 0.4) is 0 Å². The summed E-state index contributed by atoms with van der Waals surface area (Å²) in [6, 6.07) is 20.8. The van der Waals surface area contributed by atoms with Crippen molar-refractivity contribution in [2.75, 3.05) is 106 Å². The highest BCUT2D eigenvalue weighted by atomic mass is 32.1. The van der Waals surface area contributed by atoms with Gasteiger partial charge in [-0.25, -0.2) is 35.3 Å². The van der Waals surface area contributed by atoms with Gasteiger partial charge in [0.2, 0.25) is 12.5 Å². The molecule has 2 N–H and O–H groups in total. The van der Waals surface area contributed by atoms with Crippen LogP contribution in [0.5, 0.6) is 0 Å². The van der Waals surface area contributed by atoms with Gasteiger partial charge in [0.1, 0.15) is 23.3 Å². The largest absolute Gasteiger partial charge is 0.370 e. The molecular weight excluding hydrogens is 943 g/mol. The number of thiazole rings is 2. The first-order valence-electron chi connectivity index (χ1n) is 23.7. The van der Waals surface area contributed by atoms with E-state index in [2.05, 4.69) is 38.3 Å². The van der Waals surface area contributed by atoms with Gasteiger partial charge >= 0.3 is 0 Å². The Kier molecular flexibility index (Phi) is 15.1. The number of nitrogens with two attached hydrogens (primary N) is 1. The molecule has 0 bridgehead atoms. The third-order valence-electron chi connectivity index (χ3n) is 12.8. The molecule has 10 rings (SSSR count). The standard InChI is InChI=1S/C25H29FN8OS.C25H27FN8S/c1-3-19-24(31(2)25-29-20(16-36-25)17-4-6-18(26)7-5-17)34-22(28-19)8-9-23(30-34)33-14-12-32(13-15-33)11-10-21(27)35;1-4-20-24(31(3)25-29-21(17-35-25)18-5-7-19(26)8-6-18)34-22(28-20)9-10-23(30-34)33-15-13-32(14-16-33)12-11-27-2/h4-9,16H,3,10-15H2,1-2H3,(H2,27,35);5-10,17H,4,11-16H2,1,3H3. The molecule has 0 radical (unpaired) electrons. The fourth-order valence-corrected chi connectivity index (χ4v) is 10.4. The van der Waals surface area contributed by atoms with Gasteiger partial charge in [-0.15, -0.1) is 32.9 Å². The summed E-state index contributed by atoms with van der Waals surface area (Å²) in [4.78, 5) is 47.0. The minimum Gasteiger partial charge on any atom is -0.370 e. The molecule has 8 aromatic rings. The number of benzene rings is 2. The third kappa shape index (κ3) is 11.0. The fourth-order valence-electron chi connectivity index (χ4n) is 8.78. The van der Waals surface area contributed by atoms with Crippen molar-refractivity contribution < 1.29 is 13.6 Å². The van der Waals surface area contributed by atoms with Crippen molar-refractivity contribution in [3.63, 3.8) is 0 Å². The van der Waals surface area contributed by atoms with E-state index >= 15 is 0 Å². The van der Waals surface area contributed by atoms with E-state index in [9.17, 15) is 13.6 Å². The summed E-state index contributed by atoms with van der Waals surface area (Å²) >= 11 is 3.06. The van der Waals surface area contributed by atoms with E-state index in [1.54, 1.807) is 24.3 Å². The van der Waals surface area contributed by atoms with E-state index in [1.165, 1.54) is 46.9 Å². The van der Waals surface area contributed by atoms with Gasteiger partial charge in [0.05, 0.1) is 29.3 Å². The molecular formula is C50H56F2N16OS2. The van der Waals surface area contributed by atoms with Crippen molar-refractivity contribution in [1.82, 2.24) is 49.0 Å². The molecule has 2 aliphatic rings. The fraction of sp³-hybridized carbons (Fsp3) is 0.360. The van der Waals surface area contributed by atoms with E-state index in [0.717, 1.165) is 150 Å². The zero-order valence-corrected chi connectivity index (χ0v) is 41.9. The monoisotopic (exact) mass is 998 g/mol. The molecule has 2 fully saturated rings. The number of aryl methyl sites for hydroxylation is 2. The number of aromatic nitrogens is 8. The number of primary amides is 1. The first kappa shape index (κ1) is 48.9. The van der Waals surface area contributed by atoms with Gasteiger partial charge in [0.25, 0.3) is 0 Å². The van der Waals surface area contributed by atoms with Crippen LogP contribution in [-0.2, 0) is 17.6 Å². The first-order valence-corrected chi connectivity index (χ1v) is 25.5. The molecule has 0 unspecified atom stereocenters. The maximum Gasteiger partial charge on any atom is 0.227 e. The maximum atomic E-state index is 13.3. The number of amides is 1. The number of hydrogen-bond donors (Lipinski definition) is 1. The molecule has 0 saturated carbocycles. The maximum absolute atomic E-state index is 13.3. The minimum absolute atomic E-state index is 0.258. The molecule has 2 aliphatic heterocycles. The first-order chi connectivity index (χ1) is 34.5. The Morgan fingerprint density at radius 2 is 1.06 bits per heavy atom. The molecule has 2 aromatic carbocycles. The Bertz CT molecular complexity index is 3130. The molecule has 368 valence electrons. The summed E-state index contributed by atoms with van der Waals surface area (Å²) in [6.45, 7) is 20.2. The number of nitrogens with zero attached hydrogens (tertiary/aromatic N) is 15. The van der Waals surface area contributed by atoms with Crippen LogP contribution in [-0.4, -0.2) is 141 Å². The van der Waals surface area contributed by atoms with Crippen molar-refractivity contribution >= 4 is 73.4 Å². The number of imidazole rings is 2. The van der Waals surface area contributed by atoms with Gasteiger partial charge in [0.15, 0.2) is 33.2 Å². The van der Waals surface area contributed by atoms with Gasteiger partial charge in [-0.2, -0.15) is 9.03 Å². The second-order valence-electron chi connectivity index (χ2n) is 17.3.